The van der Waals surface area contributed by atoms with Gasteiger partial charge in [0.15, 0.2) is 0 Å². The molecule has 0 saturated carbocycles. The van der Waals surface area contributed by atoms with Gasteiger partial charge in [-0.25, -0.2) is 0 Å². The molecule has 0 atom stereocenters. The molecule has 116 valence electrons. The van der Waals surface area contributed by atoms with Crippen molar-refractivity contribution in [1.29, 1.82) is 0 Å². The zero-order chi connectivity index (χ0) is 15.2. The Balaban J connectivity index is 2.01. The molecule has 1 N–H and O–H groups in total. The lowest BCUT2D eigenvalue weighted by atomic mass is 10.0. The van der Waals surface area contributed by atoms with Crippen LogP contribution in [0.4, 0.5) is 5.82 Å². The van der Waals surface area contributed by atoms with Crippen molar-refractivity contribution in [2.24, 2.45) is 0 Å². The summed E-state index contributed by atoms with van der Waals surface area (Å²) < 4.78 is 1.34. The number of amides is 1. The zero-order valence-corrected chi connectivity index (χ0v) is 12.2. The van der Waals surface area contributed by atoms with E-state index in [1.165, 1.54) is 16.9 Å². The van der Waals surface area contributed by atoms with Gasteiger partial charge in [0.25, 0.3) is 0 Å². The molecule has 1 aliphatic rings. The van der Waals surface area contributed by atoms with Crippen LogP contribution < -0.4 is 5.32 Å². The summed E-state index contributed by atoms with van der Waals surface area (Å²) in [5.41, 5.74) is 0. The fourth-order valence-corrected chi connectivity index (χ4v) is 2.64. The topological polar surface area (TPSA) is 93.3 Å². The van der Waals surface area contributed by atoms with Crippen LogP contribution in [0.5, 0.6) is 0 Å². The summed E-state index contributed by atoms with van der Waals surface area (Å²) in [7, 11) is 0. The van der Waals surface area contributed by atoms with E-state index in [1.807, 2.05) is 11.8 Å². The molecule has 8 nitrogen and oxygen atoms in total. The average Bonchev–Trinajstić information content (AvgIpc) is 2.94. The van der Waals surface area contributed by atoms with Gasteiger partial charge in [-0.15, -0.1) is 0 Å². The quantitative estimate of drug-likeness (QED) is 0.618. The molecule has 0 aromatic carbocycles. The lowest BCUT2D eigenvalue weighted by molar-refractivity contribution is -0.389. The number of piperidine rings is 1. The van der Waals surface area contributed by atoms with Gasteiger partial charge >= 0.3 is 5.82 Å². The van der Waals surface area contributed by atoms with Crippen LogP contribution in [0.2, 0.25) is 0 Å². The van der Waals surface area contributed by atoms with Gasteiger partial charge in [0.2, 0.25) is 5.91 Å². The Morgan fingerprint density at radius 1 is 1.57 bits per heavy atom. The highest BCUT2D eigenvalue weighted by Gasteiger charge is 2.25. The van der Waals surface area contributed by atoms with Gasteiger partial charge in [0.05, 0.1) is 17.4 Å². The number of hydrogen-bond acceptors (Lipinski definition) is 5. The molecule has 1 saturated heterocycles. The second-order valence-electron chi connectivity index (χ2n) is 5.20. The number of carbonyl (C=O) groups is 1. The van der Waals surface area contributed by atoms with E-state index in [-0.39, 0.29) is 24.3 Å². The van der Waals surface area contributed by atoms with Gasteiger partial charge in [-0.1, -0.05) is 6.92 Å². The van der Waals surface area contributed by atoms with Gasteiger partial charge in [0, 0.05) is 12.6 Å². The zero-order valence-electron chi connectivity index (χ0n) is 12.2. The maximum atomic E-state index is 12.5. The van der Waals surface area contributed by atoms with Crippen molar-refractivity contribution in [3.05, 3.63) is 22.4 Å². The lowest BCUT2D eigenvalue weighted by Gasteiger charge is -2.34. The van der Waals surface area contributed by atoms with Gasteiger partial charge in [-0.3, -0.25) is 4.79 Å². The largest absolute Gasteiger partial charge is 0.389 e. The molecule has 1 fully saturated rings. The number of carbonyl (C=O) groups excluding carboxylic acids is 1. The van der Waals surface area contributed by atoms with Crippen LogP contribution >= 0.6 is 0 Å². The van der Waals surface area contributed by atoms with Crippen molar-refractivity contribution >= 4 is 11.7 Å². The molecule has 1 aromatic rings. The van der Waals surface area contributed by atoms with Crippen LogP contribution in [0, 0.1) is 10.1 Å². The predicted octanol–water partition coefficient (Wildman–Crippen LogP) is 0.782. The van der Waals surface area contributed by atoms with Crippen LogP contribution in [0.25, 0.3) is 0 Å². The maximum Gasteiger partial charge on any atom is 0.389 e. The minimum atomic E-state index is -0.558. The number of nitrogens with one attached hydrogen (secondary N) is 1. The first-order valence-corrected chi connectivity index (χ1v) is 7.30. The van der Waals surface area contributed by atoms with Crippen LogP contribution in [0.3, 0.4) is 0 Å². The Morgan fingerprint density at radius 3 is 2.86 bits per heavy atom. The highest BCUT2D eigenvalue weighted by molar-refractivity contribution is 5.76. The normalized spacial score (nSPS) is 15.9. The van der Waals surface area contributed by atoms with E-state index < -0.39 is 4.92 Å². The fourth-order valence-electron chi connectivity index (χ4n) is 2.64. The Labute approximate surface area is 123 Å². The van der Waals surface area contributed by atoms with Crippen LogP contribution in [-0.2, 0) is 11.3 Å². The summed E-state index contributed by atoms with van der Waals surface area (Å²) in [6.07, 6.45) is 4.27. The molecule has 1 amide bonds. The summed E-state index contributed by atoms with van der Waals surface area (Å²) >= 11 is 0. The first kappa shape index (κ1) is 15.4. The molecule has 21 heavy (non-hydrogen) atoms. The maximum absolute atomic E-state index is 12.5. The summed E-state index contributed by atoms with van der Waals surface area (Å²) in [5.74, 6) is -0.256. The molecule has 0 spiro atoms. The molecule has 2 rings (SSSR count). The van der Waals surface area contributed by atoms with Gasteiger partial charge in [-0.2, -0.15) is 4.68 Å². The smallest absolute Gasteiger partial charge is 0.358 e. The highest BCUT2D eigenvalue weighted by atomic mass is 16.6. The van der Waals surface area contributed by atoms with E-state index in [4.69, 9.17) is 0 Å². The molecule has 2 heterocycles. The first-order valence-electron chi connectivity index (χ1n) is 7.30. The summed E-state index contributed by atoms with van der Waals surface area (Å²) in [6.45, 7) is 4.65. The molecule has 1 aromatic heterocycles. The monoisotopic (exact) mass is 295 g/mol. The Morgan fingerprint density at radius 2 is 2.29 bits per heavy atom. The number of rotatable bonds is 6. The molecular weight excluding hydrogens is 274 g/mol. The Kier molecular flexibility index (Phi) is 5.26. The van der Waals surface area contributed by atoms with E-state index in [1.54, 1.807) is 0 Å². The second kappa shape index (κ2) is 7.16. The third-order valence-electron chi connectivity index (χ3n) is 3.65. The van der Waals surface area contributed by atoms with E-state index in [0.717, 1.165) is 32.4 Å². The minimum absolute atomic E-state index is 0.0262. The van der Waals surface area contributed by atoms with Crippen LogP contribution in [0.1, 0.15) is 26.2 Å². The average molecular weight is 295 g/mol. The van der Waals surface area contributed by atoms with E-state index in [2.05, 4.69) is 10.4 Å². The van der Waals surface area contributed by atoms with E-state index in [9.17, 15) is 14.9 Å². The van der Waals surface area contributed by atoms with Gasteiger partial charge in [0.1, 0.15) is 6.54 Å². The van der Waals surface area contributed by atoms with Crippen molar-refractivity contribution in [2.45, 2.75) is 38.8 Å². The van der Waals surface area contributed by atoms with Gasteiger partial charge < -0.3 is 20.3 Å². The summed E-state index contributed by atoms with van der Waals surface area (Å²) in [5, 5.41) is 17.7. The van der Waals surface area contributed by atoms with Crippen molar-refractivity contribution in [3.8, 4) is 0 Å². The third kappa shape index (κ3) is 4.01. The van der Waals surface area contributed by atoms with E-state index >= 15 is 0 Å². The molecular formula is C13H21N5O3. The molecule has 0 aliphatic carbocycles. The summed E-state index contributed by atoms with van der Waals surface area (Å²) in [6, 6.07) is 1.56. The minimum Gasteiger partial charge on any atom is -0.358 e. The predicted molar refractivity (Wildman–Crippen MR) is 76.8 cm³/mol. The lowest BCUT2D eigenvalue weighted by Crippen LogP contribution is -2.47. The van der Waals surface area contributed by atoms with Crippen molar-refractivity contribution in [1.82, 2.24) is 20.0 Å². The molecule has 0 radical (unpaired) electrons. The van der Waals surface area contributed by atoms with Crippen LogP contribution in [-0.4, -0.2) is 51.2 Å². The van der Waals surface area contributed by atoms with Crippen LogP contribution in [0.15, 0.2) is 12.3 Å². The van der Waals surface area contributed by atoms with Gasteiger partial charge in [-0.05, 0) is 37.3 Å². The number of nitrogens with zero attached hydrogens (tertiary/aromatic N) is 4. The fraction of sp³-hybridized carbons (Fsp3) is 0.692. The number of hydrogen-bond donors (Lipinski definition) is 1. The number of aromatic nitrogens is 2. The summed E-state index contributed by atoms with van der Waals surface area (Å²) in [4.78, 5) is 24.4. The first-order chi connectivity index (χ1) is 10.1. The second-order valence-corrected chi connectivity index (χ2v) is 5.20. The molecule has 8 heteroatoms. The SMILES string of the molecule is CCCN(C(=O)Cn1ccc([N+](=O)[O-])n1)C1CCNCC1. The Hall–Kier alpha value is -1.96. The van der Waals surface area contributed by atoms with E-state index in [0.29, 0.717) is 6.54 Å². The van der Waals surface area contributed by atoms with Crippen molar-refractivity contribution in [2.75, 3.05) is 19.6 Å². The van der Waals surface area contributed by atoms with Crippen molar-refractivity contribution in [3.63, 3.8) is 0 Å². The number of nitro groups is 1. The molecule has 1 aliphatic heterocycles. The third-order valence-corrected chi connectivity index (χ3v) is 3.65. The molecule has 0 bridgehead atoms. The molecule has 0 unspecified atom stereocenters. The van der Waals surface area contributed by atoms with Crippen molar-refractivity contribution < 1.29 is 9.72 Å². The Bertz CT molecular complexity index is 496. The standard InChI is InChI=1S/C13H21N5O3/c1-2-8-17(11-3-6-14-7-4-11)13(19)10-16-9-5-12(15-16)18(20)21/h5,9,11,14H,2-4,6-8,10H2,1H3. The highest BCUT2D eigenvalue weighted by Crippen LogP contribution is 2.14.